The van der Waals surface area contributed by atoms with E-state index in [-0.39, 0.29) is 23.7 Å². The molecule has 2 aromatic heterocycles. The molecule has 0 unspecified atom stereocenters. The maximum absolute atomic E-state index is 13.3. The number of benzene rings is 1. The first-order valence-corrected chi connectivity index (χ1v) is 10.4. The minimum Gasteiger partial charge on any atom is -0.370 e. The van der Waals surface area contributed by atoms with E-state index in [1.54, 1.807) is 30.7 Å². The van der Waals surface area contributed by atoms with Gasteiger partial charge in [-0.2, -0.15) is 9.97 Å². The monoisotopic (exact) mass is 436 g/mol. The Morgan fingerprint density at radius 3 is 2.78 bits per heavy atom. The van der Waals surface area contributed by atoms with E-state index in [1.807, 2.05) is 13.0 Å². The van der Waals surface area contributed by atoms with Crippen molar-refractivity contribution in [1.29, 1.82) is 0 Å². The van der Waals surface area contributed by atoms with Crippen molar-refractivity contribution in [1.82, 2.24) is 19.9 Å². The van der Waals surface area contributed by atoms with E-state index in [2.05, 4.69) is 30.5 Å². The minimum absolute atomic E-state index is 0.142. The molecule has 9 nitrogen and oxygen atoms in total. The fraction of sp³-hybridized carbons (Fsp3) is 0.318. The Labute approximate surface area is 185 Å². The van der Waals surface area contributed by atoms with Crippen LogP contribution in [-0.4, -0.2) is 38.9 Å². The molecule has 3 aromatic rings. The second kappa shape index (κ2) is 9.54. The molecule has 0 spiro atoms. The first kappa shape index (κ1) is 21.4. The Kier molecular flexibility index (Phi) is 6.39. The zero-order valence-electron chi connectivity index (χ0n) is 17.7. The van der Waals surface area contributed by atoms with Crippen LogP contribution in [0.2, 0.25) is 0 Å². The van der Waals surface area contributed by atoms with Crippen LogP contribution in [0.15, 0.2) is 48.9 Å². The molecule has 4 rings (SSSR count). The maximum atomic E-state index is 13.3. The number of primary amides is 1. The van der Waals surface area contributed by atoms with Crippen molar-refractivity contribution in [3.8, 4) is 0 Å². The van der Waals surface area contributed by atoms with E-state index in [9.17, 15) is 9.18 Å². The summed E-state index contributed by atoms with van der Waals surface area (Å²) in [5, 5.41) is 6.45. The molecule has 1 aromatic carbocycles. The van der Waals surface area contributed by atoms with Crippen LogP contribution in [0.25, 0.3) is 0 Å². The molecule has 3 heterocycles. The van der Waals surface area contributed by atoms with Gasteiger partial charge in [-0.05, 0) is 37.0 Å². The van der Waals surface area contributed by atoms with Crippen LogP contribution in [0.5, 0.6) is 0 Å². The van der Waals surface area contributed by atoms with Crippen LogP contribution in [0.1, 0.15) is 31.4 Å². The van der Waals surface area contributed by atoms with Gasteiger partial charge < -0.3 is 21.3 Å². The molecule has 166 valence electrons. The van der Waals surface area contributed by atoms with Gasteiger partial charge in [0.05, 0.1) is 12.2 Å². The van der Waals surface area contributed by atoms with Gasteiger partial charge in [-0.25, -0.2) is 9.37 Å². The number of hydrogen-bond donors (Lipinski definition) is 3. The van der Waals surface area contributed by atoms with Crippen LogP contribution < -0.4 is 21.3 Å². The van der Waals surface area contributed by atoms with Crippen molar-refractivity contribution >= 4 is 29.3 Å². The third kappa shape index (κ3) is 5.45. The van der Waals surface area contributed by atoms with Crippen LogP contribution in [0, 0.1) is 11.7 Å². The summed E-state index contributed by atoms with van der Waals surface area (Å²) in [4.78, 5) is 31.0. The SMILES string of the molecule is C[C@H](Nc1nc(Nc2cnccn2)cc(N2CC[C@@H](CC(N)=O)C2)n1)c1ccc(F)cc1. The molecule has 1 saturated heterocycles. The van der Waals surface area contributed by atoms with E-state index < -0.39 is 0 Å². The van der Waals surface area contributed by atoms with Gasteiger partial charge in [-0.15, -0.1) is 0 Å². The number of anilines is 4. The largest absolute Gasteiger partial charge is 0.370 e. The standard InChI is InChI=1S/C22H25FN8O/c1-14(16-2-4-17(23)5-3-16)27-22-29-19(28-20-12-25-7-8-26-20)11-21(30-22)31-9-6-15(13-31)10-18(24)32/h2-5,7-8,11-12,14-15H,6,9-10,13H2,1H3,(H2,24,32)(H2,26,27,28,29,30)/t14-,15-/m0/s1. The summed E-state index contributed by atoms with van der Waals surface area (Å²) in [7, 11) is 0. The Bertz CT molecular complexity index is 1060. The topological polar surface area (TPSA) is 122 Å². The van der Waals surface area contributed by atoms with E-state index in [4.69, 9.17) is 10.7 Å². The number of carbonyl (C=O) groups is 1. The molecule has 4 N–H and O–H groups in total. The number of nitrogens with zero attached hydrogens (tertiary/aromatic N) is 5. The third-order valence-electron chi connectivity index (χ3n) is 5.35. The second-order valence-electron chi connectivity index (χ2n) is 7.84. The Hall–Kier alpha value is -3.82. The normalized spacial score (nSPS) is 16.6. The maximum Gasteiger partial charge on any atom is 0.227 e. The molecule has 10 heteroatoms. The molecule has 0 radical (unpaired) electrons. The molecular weight excluding hydrogens is 411 g/mol. The van der Waals surface area contributed by atoms with Crippen molar-refractivity contribution in [2.75, 3.05) is 28.6 Å². The van der Waals surface area contributed by atoms with Gasteiger partial charge >= 0.3 is 0 Å². The smallest absolute Gasteiger partial charge is 0.227 e. The lowest BCUT2D eigenvalue weighted by molar-refractivity contribution is -0.118. The van der Waals surface area contributed by atoms with Crippen LogP contribution >= 0.6 is 0 Å². The van der Waals surface area contributed by atoms with E-state index >= 15 is 0 Å². The summed E-state index contributed by atoms with van der Waals surface area (Å²) >= 11 is 0. The van der Waals surface area contributed by atoms with E-state index in [1.165, 1.54) is 12.1 Å². The number of rotatable bonds is 8. The fourth-order valence-electron chi connectivity index (χ4n) is 3.74. The van der Waals surface area contributed by atoms with Crippen LogP contribution in [0.3, 0.4) is 0 Å². The summed E-state index contributed by atoms with van der Waals surface area (Å²) in [5.41, 5.74) is 6.28. The summed E-state index contributed by atoms with van der Waals surface area (Å²) in [6, 6.07) is 8.00. The number of carbonyl (C=O) groups excluding carboxylic acids is 1. The highest BCUT2D eigenvalue weighted by molar-refractivity contribution is 5.74. The predicted molar refractivity (Wildman–Crippen MR) is 120 cm³/mol. The molecule has 2 atom stereocenters. The first-order valence-electron chi connectivity index (χ1n) is 10.4. The summed E-state index contributed by atoms with van der Waals surface area (Å²) in [5.74, 6) is 1.89. The Morgan fingerprint density at radius 2 is 2.06 bits per heavy atom. The van der Waals surface area contributed by atoms with Crippen LogP contribution in [0.4, 0.5) is 27.8 Å². The highest BCUT2D eigenvalue weighted by atomic mass is 19.1. The second-order valence-corrected chi connectivity index (χ2v) is 7.84. The number of hydrogen-bond acceptors (Lipinski definition) is 8. The summed E-state index contributed by atoms with van der Waals surface area (Å²) in [6.45, 7) is 3.42. The van der Waals surface area contributed by atoms with Crippen molar-refractivity contribution in [2.24, 2.45) is 11.7 Å². The highest BCUT2D eigenvalue weighted by Gasteiger charge is 2.26. The Morgan fingerprint density at radius 1 is 1.25 bits per heavy atom. The molecule has 1 aliphatic rings. The lowest BCUT2D eigenvalue weighted by Crippen LogP contribution is -2.24. The average Bonchev–Trinajstić information content (AvgIpc) is 3.22. The van der Waals surface area contributed by atoms with E-state index in [0.717, 1.165) is 24.3 Å². The molecule has 0 bridgehead atoms. The molecule has 1 amide bonds. The first-order chi connectivity index (χ1) is 15.5. The molecule has 1 fully saturated rings. The lowest BCUT2D eigenvalue weighted by atomic mass is 10.1. The van der Waals surface area contributed by atoms with Crippen molar-refractivity contribution < 1.29 is 9.18 Å². The van der Waals surface area contributed by atoms with Gasteiger partial charge in [0.15, 0.2) is 0 Å². The lowest BCUT2D eigenvalue weighted by Gasteiger charge is -2.21. The Balaban J connectivity index is 1.58. The quantitative estimate of drug-likeness (QED) is 0.493. The number of halogens is 1. The van der Waals surface area contributed by atoms with Crippen LogP contribution in [-0.2, 0) is 4.79 Å². The zero-order chi connectivity index (χ0) is 22.5. The highest BCUT2D eigenvalue weighted by Crippen LogP contribution is 2.28. The predicted octanol–water partition coefficient (Wildman–Crippen LogP) is 3.02. The molecule has 0 saturated carbocycles. The molecular formula is C22H25FN8O. The summed E-state index contributed by atoms with van der Waals surface area (Å²) < 4.78 is 13.3. The number of amides is 1. The number of nitrogens with two attached hydrogens (primary N) is 1. The molecule has 1 aliphatic heterocycles. The van der Waals surface area contributed by atoms with Gasteiger partial charge in [-0.1, -0.05) is 12.1 Å². The van der Waals surface area contributed by atoms with Gasteiger partial charge in [0.2, 0.25) is 11.9 Å². The van der Waals surface area contributed by atoms with Crippen molar-refractivity contribution in [2.45, 2.75) is 25.8 Å². The summed E-state index contributed by atoms with van der Waals surface area (Å²) in [6.07, 6.45) is 6.02. The fourth-order valence-corrected chi connectivity index (χ4v) is 3.74. The van der Waals surface area contributed by atoms with Gasteiger partial charge in [0.1, 0.15) is 23.3 Å². The number of aromatic nitrogens is 4. The van der Waals surface area contributed by atoms with Crippen molar-refractivity contribution in [3.63, 3.8) is 0 Å². The van der Waals surface area contributed by atoms with Crippen molar-refractivity contribution in [3.05, 3.63) is 60.3 Å². The molecule has 0 aliphatic carbocycles. The van der Waals surface area contributed by atoms with E-state index in [0.29, 0.717) is 30.5 Å². The third-order valence-corrected chi connectivity index (χ3v) is 5.35. The number of nitrogens with one attached hydrogen (secondary N) is 2. The minimum atomic E-state index is -0.292. The molecule has 32 heavy (non-hydrogen) atoms. The van der Waals surface area contributed by atoms with Gasteiger partial charge in [0, 0.05) is 38.0 Å². The van der Waals surface area contributed by atoms with Gasteiger partial charge in [0.25, 0.3) is 0 Å². The van der Waals surface area contributed by atoms with Gasteiger partial charge in [-0.3, -0.25) is 9.78 Å². The zero-order valence-corrected chi connectivity index (χ0v) is 17.7. The average molecular weight is 436 g/mol.